The van der Waals surface area contributed by atoms with Crippen molar-refractivity contribution in [1.82, 2.24) is 14.4 Å². The number of hydrogen-bond acceptors (Lipinski definition) is 7. The molecule has 0 radical (unpaired) electrons. The summed E-state index contributed by atoms with van der Waals surface area (Å²) >= 11 is 5.86. The molecule has 0 N–H and O–H groups in total. The molecule has 152 valence electrons. The number of carbonyl (C=O) groups is 1. The highest BCUT2D eigenvalue weighted by atomic mass is 35.5. The lowest BCUT2D eigenvalue weighted by atomic mass is 10.1. The molecule has 10 heteroatoms. The van der Waals surface area contributed by atoms with Gasteiger partial charge in [0.1, 0.15) is 0 Å². The van der Waals surface area contributed by atoms with Gasteiger partial charge in [0.15, 0.2) is 0 Å². The van der Waals surface area contributed by atoms with Crippen LogP contribution in [0.2, 0.25) is 5.02 Å². The lowest BCUT2D eigenvalue weighted by Gasteiger charge is -2.16. The summed E-state index contributed by atoms with van der Waals surface area (Å²) in [5.74, 6) is -0.154. The van der Waals surface area contributed by atoms with Crippen molar-refractivity contribution in [2.45, 2.75) is 18.4 Å². The Hall–Kier alpha value is -2.75. The Bertz CT molecular complexity index is 1140. The molecule has 0 aliphatic heterocycles. The Morgan fingerprint density at radius 1 is 1.21 bits per heavy atom. The van der Waals surface area contributed by atoms with Gasteiger partial charge in [0.25, 0.3) is 0 Å². The van der Waals surface area contributed by atoms with Crippen LogP contribution >= 0.6 is 11.6 Å². The third-order valence-electron chi connectivity index (χ3n) is 4.25. The van der Waals surface area contributed by atoms with Crippen LogP contribution in [-0.4, -0.2) is 43.0 Å². The summed E-state index contributed by atoms with van der Waals surface area (Å²) in [6, 6.07) is 11.1. The highest BCUT2D eigenvalue weighted by molar-refractivity contribution is 7.89. The van der Waals surface area contributed by atoms with Crippen LogP contribution < -0.4 is 0 Å². The molecule has 1 aromatic heterocycles. The fraction of sp³-hybridized carbons (Fsp3) is 0.211. The molecule has 0 spiro atoms. The number of nitrogens with zero attached hydrogens (tertiary/aromatic N) is 3. The molecule has 0 saturated carbocycles. The van der Waals surface area contributed by atoms with Gasteiger partial charge in [-0.25, -0.2) is 13.2 Å². The predicted molar refractivity (Wildman–Crippen MR) is 106 cm³/mol. The van der Waals surface area contributed by atoms with E-state index in [2.05, 4.69) is 10.1 Å². The average Bonchev–Trinajstić information content (AvgIpc) is 3.16. The summed E-state index contributed by atoms with van der Waals surface area (Å²) < 4.78 is 36.7. The van der Waals surface area contributed by atoms with Gasteiger partial charge in [-0.1, -0.05) is 22.8 Å². The molecule has 0 bridgehead atoms. The highest BCUT2D eigenvalue weighted by Gasteiger charge is 2.25. The topological polar surface area (TPSA) is 103 Å². The number of ether oxygens (including phenoxy) is 1. The molecule has 0 saturated heterocycles. The Morgan fingerprint density at radius 3 is 2.55 bits per heavy atom. The van der Waals surface area contributed by atoms with Crippen molar-refractivity contribution in [3.05, 3.63) is 64.5 Å². The molecule has 2 aromatic carbocycles. The summed E-state index contributed by atoms with van der Waals surface area (Å²) in [5.41, 5.74) is 1.49. The van der Waals surface area contributed by atoms with E-state index in [4.69, 9.17) is 20.9 Å². The SMILES string of the molecule is COC(=O)c1cc(S(=O)(=O)N(C)Cc2nc(-c3ccc(Cl)cc3)no2)ccc1C. The maximum atomic E-state index is 12.9. The van der Waals surface area contributed by atoms with E-state index in [1.807, 2.05) is 0 Å². The maximum absolute atomic E-state index is 12.9. The van der Waals surface area contributed by atoms with E-state index in [0.29, 0.717) is 22.0 Å². The van der Waals surface area contributed by atoms with Crippen molar-refractivity contribution in [2.75, 3.05) is 14.2 Å². The van der Waals surface area contributed by atoms with E-state index in [-0.39, 0.29) is 22.9 Å². The maximum Gasteiger partial charge on any atom is 0.338 e. The molecule has 3 aromatic rings. The molecule has 29 heavy (non-hydrogen) atoms. The molecule has 0 aliphatic carbocycles. The molecule has 0 unspecified atom stereocenters. The van der Waals surface area contributed by atoms with Crippen LogP contribution in [0.15, 0.2) is 51.9 Å². The van der Waals surface area contributed by atoms with Crippen LogP contribution in [0.5, 0.6) is 0 Å². The summed E-state index contributed by atoms with van der Waals surface area (Å²) in [7, 11) is -1.27. The Balaban J connectivity index is 1.82. The van der Waals surface area contributed by atoms with Gasteiger partial charge in [0.2, 0.25) is 21.7 Å². The zero-order valence-electron chi connectivity index (χ0n) is 15.9. The Labute approximate surface area is 173 Å². The first-order valence-electron chi connectivity index (χ1n) is 8.46. The van der Waals surface area contributed by atoms with E-state index in [1.54, 1.807) is 37.3 Å². The van der Waals surface area contributed by atoms with Crippen LogP contribution in [0, 0.1) is 6.92 Å². The van der Waals surface area contributed by atoms with Crippen LogP contribution in [0.4, 0.5) is 0 Å². The number of aryl methyl sites for hydroxylation is 1. The number of esters is 1. The van der Waals surface area contributed by atoms with Crippen molar-refractivity contribution in [3.8, 4) is 11.4 Å². The van der Waals surface area contributed by atoms with Crippen LogP contribution in [0.25, 0.3) is 11.4 Å². The predicted octanol–water partition coefficient (Wildman–Crippen LogP) is 3.31. The second-order valence-electron chi connectivity index (χ2n) is 6.25. The summed E-state index contributed by atoms with van der Waals surface area (Å²) in [5, 5.41) is 4.45. The van der Waals surface area contributed by atoms with Crippen molar-refractivity contribution < 1.29 is 22.5 Å². The molecular weight excluding hydrogens is 418 g/mol. The molecule has 0 fully saturated rings. The summed E-state index contributed by atoms with van der Waals surface area (Å²) in [6.45, 7) is 1.56. The van der Waals surface area contributed by atoms with Crippen molar-refractivity contribution in [3.63, 3.8) is 0 Å². The number of methoxy groups -OCH3 is 1. The molecule has 8 nitrogen and oxygen atoms in total. The lowest BCUT2D eigenvalue weighted by Crippen LogP contribution is -2.27. The van der Waals surface area contributed by atoms with Crippen molar-refractivity contribution in [2.24, 2.45) is 0 Å². The number of carbonyl (C=O) groups excluding carboxylic acids is 1. The quantitative estimate of drug-likeness (QED) is 0.547. The minimum absolute atomic E-state index is 0.0385. The highest BCUT2D eigenvalue weighted by Crippen LogP contribution is 2.22. The first kappa shape index (κ1) is 21.0. The van der Waals surface area contributed by atoms with E-state index in [0.717, 1.165) is 4.31 Å². The van der Waals surface area contributed by atoms with Gasteiger partial charge in [0.05, 0.1) is 24.1 Å². The molecular formula is C19H18ClN3O5S. The second-order valence-corrected chi connectivity index (χ2v) is 8.73. The van der Waals surface area contributed by atoms with Gasteiger partial charge in [-0.05, 0) is 48.9 Å². The van der Waals surface area contributed by atoms with Gasteiger partial charge in [-0.3, -0.25) is 0 Å². The molecule has 1 heterocycles. The van der Waals surface area contributed by atoms with E-state index in [1.165, 1.54) is 26.3 Å². The van der Waals surface area contributed by atoms with Crippen molar-refractivity contribution >= 4 is 27.6 Å². The standard InChI is InChI=1S/C19H18ClN3O5S/c1-12-4-9-15(10-16(12)19(24)27-3)29(25,26)23(2)11-17-21-18(22-28-17)13-5-7-14(20)8-6-13/h4-10H,11H2,1-3H3. The minimum Gasteiger partial charge on any atom is -0.465 e. The number of halogens is 1. The third kappa shape index (κ3) is 4.47. The van der Waals surface area contributed by atoms with Crippen LogP contribution in [-0.2, 0) is 21.3 Å². The van der Waals surface area contributed by atoms with Gasteiger partial charge in [0, 0.05) is 17.6 Å². The van der Waals surface area contributed by atoms with Crippen LogP contribution in [0.3, 0.4) is 0 Å². The summed E-state index contributed by atoms with van der Waals surface area (Å²) in [6.07, 6.45) is 0. The molecule has 3 rings (SSSR count). The third-order valence-corrected chi connectivity index (χ3v) is 6.30. The molecule has 0 aliphatic rings. The normalized spacial score (nSPS) is 11.6. The fourth-order valence-electron chi connectivity index (χ4n) is 2.58. The zero-order chi connectivity index (χ0) is 21.2. The first-order valence-corrected chi connectivity index (χ1v) is 10.3. The molecule has 0 amide bonds. The second kappa shape index (κ2) is 8.32. The van der Waals surface area contributed by atoms with Gasteiger partial charge in [-0.2, -0.15) is 9.29 Å². The Morgan fingerprint density at radius 2 is 1.90 bits per heavy atom. The first-order chi connectivity index (χ1) is 13.7. The van der Waals surface area contributed by atoms with Crippen molar-refractivity contribution in [1.29, 1.82) is 0 Å². The zero-order valence-corrected chi connectivity index (χ0v) is 17.5. The summed E-state index contributed by atoms with van der Waals surface area (Å²) in [4.78, 5) is 16.1. The number of sulfonamides is 1. The monoisotopic (exact) mass is 435 g/mol. The number of benzene rings is 2. The Kier molecular flexibility index (Phi) is 6.02. The van der Waals surface area contributed by atoms with Crippen LogP contribution in [0.1, 0.15) is 21.8 Å². The van der Waals surface area contributed by atoms with E-state index < -0.39 is 16.0 Å². The molecule has 0 atom stereocenters. The fourth-order valence-corrected chi connectivity index (χ4v) is 3.86. The van der Waals surface area contributed by atoms with E-state index in [9.17, 15) is 13.2 Å². The minimum atomic E-state index is -3.90. The number of rotatable bonds is 6. The van der Waals surface area contributed by atoms with Gasteiger partial charge in [-0.15, -0.1) is 0 Å². The largest absolute Gasteiger partial charge is 0.465 e. The lowest BCUT2D eigenvalue weighted by molar-refractivity contribution is 0.0599. The van der Waals surface area contributed by atoms with Gasteiger partial charge >= 0.3 is 5.97 Å². The number of hydrogen-bond donors (Lipinski definition) is 0. The van der Waals surface area contributed by atoms with E-state index >= 15 is 0 Å². The number of aromatic nitrogens is 2. The average molecular weight is 436 g/mol. The smallest absolute Gasteiger partial charge is 0.338 e. The van der Waals surface area contributed by atoms with Gasteiger partial charge < -0.3 is 9.26 Å².